The largest absolute Gasteiger partial charge is 0.347 e. The van der Waals surface area contributed by atoms with Crippen molar-refractivity contribution in [2.45, 2.75) is 6.54 Å². The summed E-state index contributed by atoms with van der Waals surface area (Å²) in [7, 11) is 0. The Hall–Kier alpha value is -2.47. The smallest absolute Gasteiger partial charge is 0.270 e. The monoisotopic (exact) mass is 243 g/mol. The highest BCUT2D eigenvalue weighted by Crippen LogP contribution is 2.06. The Kier molecular flexibility index (Phi) is 3.83. The lowest BCUT2D eigenvalue weighted by Gasteiger charge is -2.05. The van der Waals surface area contributed by atoms with Gasteiger partial charge < -0.3 is 10.7 Å². The highest BCUT2D eigenvalue weighted by Gasteiger charge is 2.07. The van der Waals surface area contributed by atoms with Crippen molar-refractivity contribution in [1.82, 2.24) is 15.3 Å². The van der Waals surface area contributed by atoms with E-state index in [9.17, 15) is 4.79 Å². The number of amides is 1. The standard InChI is InChI=1S/C12H13N5O/c13-17-10-3-5-15-11(6-10)12(18)16-8-9-2-1-4-14-7-9/h1-7H,8,13H2,(H,15,17)(H,16,18). The normalized spacial score (nSPS) is 9.83. The van der Waals surface area contributed by atoms with E-state index in [2.05, 4.69) is 20.7 Å². The van der Waals surface area contributed by atoms with Crippen LogP contribution in [0.1, 0.15) is 16.1 Å². The zero-order valence-corrected chi connectivity index (χ0v) is 9.63. The Balaban J connectivity index is 1.99. The number of hydrogen-bond acceptors (Lipinski definition) is 5. The minimum atomic E-state index is -0.254. The summed E-state index contributed by atoms with van der Waals surface area (Å²) in [6.07, 6.45) is 4.91. The molecule has 4 N–H and O–H groups in total. The molecule has 0 aliphatic heterocycles. The summed E-state index contributed by atoms with van der Waals surface area (Å²) in [5, 5.41) is 2.76. The lowest BCUT2D eigenvalue weighted by atomic mass is 10.2. The summed E-state index contributed by atoms with van der Waals surface area (Å²) in [5.41, 5.74) is 4.35. The minimum Gasteiger partial charge on any atom is -0.347 e. The Morgan fingerprint density at radius 1 is 1.33 bits per heavy atom. The zero-order valence-electron chi connectivity index (χ0n) is 9.63. The number of anilines is 1. The second kappa shape index (κ2) is 5.74. The molecule has 0 unspecified atom stereocenters. The molecular weight excluding hydrogens is 230 g/mol. The van der Waals surface area contributed by atoms with Crippen LogP contribution in [0.15, 0.2) is 42.9 Å². The predicted octanol–water partition coefficient (Wildman–Crippen LogP) is 0.692. The van der Waals surface area contributed by atoms with Gasteiger partial charge in [-0.15, -0.1) is 0 Å². The van der Waals surface area contributed by atoms with Crippen LogP contribution in [0.25, 0.3) is 0 Å². The Labute approximate surface area is 104 Å². The molecule has 6 heteroatoms. The number of pyridine rings is 2. The molecule has 0 saturated heterocycles. The molecule has 0 saturated carbocycles. The molecule has 0 aliphatic rings. The number of nitrogens with two attached hydrogens (primary N) is 1. The van der Waals surface area contributed by atoms with Gasteiger partial charge in [-0.1, -0.05) is 6.07 Å². The van der Waals surface area contributed by atoms with Gasteiger partial charge in [0.2, 0.25) is 0 Å². The number of hydrazine groups is 1. The fourth-order valence-electron chi connectivity index (χ4n) is 1.42. The van der Waals surface area contributed by atoms with Gasteiger partial charge in [0.05, 0.1) is 5.69 Å². The Bertz CT molecular complexity index is 529. The van der Waals surface area contributed by atoms with Gasteiger partial charge in [0.1, 0.15) is 5.69 Å². The molecule has 2 heterocycles. The first kappa shape index (κ1) is 12.0. The number of carbonyl (C=O) groups is 1. The predicted molar refractivity (Wildman–Crippen MR) is 67.5 cm³/mol. The van der Waals surface area contributed by atoms with Crippen LogP contribution in [0.2, 0.25) is 0 Å². The van der Waals surface area contributed by atoms with Crippen molar-refractivity contribution in [2.75, 3.05) is 5.43 Å². The van der Waals surface area contributed by atoms with Crippen LogP contribution in [0.4, 0.5) is 5.69 Å². The van der Waals surface area contributed by atoms with E-state index in [0.717, 1.165) is 5.56 Å². The first-order valence-electron chi connectivity index (χ1n) is 5.39. The average Bonchev–Trinajstić information content (AvgIpc) is 2.46. The Morgan fingerprint density at radius 3 is 2.94 bits per heavy atom. The number of rotatable bonds is 4. The fraction of sp³-hybridized carbons (Fsp3) is 0.0833. The van der Waals surface area contributed by atoms with E-state index in [1.54, 1.807) is 24.5 Å². The lowest BCUT2D eigenvalue weighted by Crippen LogP contribution is -2.24. The summed E-state index contributed by atoms with van der Waals surface area (Å²) in [5.74, 6) is 5.01. The number of nitrogens with one attached hydrogen (secondary N) is 2. The summed E-state index contributed by atoms with van der Waals surface area (Å²) in [6, 6.07) is 6.97. The summed E-state index contributed by atoms with van der Waals surface area (Å²) < 4.78 is 0. The third-order valence-electron chi connectivity index (χ3n) is 2.34. The number of hydrogen-bond donors (Lipinski definition) is 3. The van der Waals surface area contributed by atoms with Gasteiger partial charge in [0, 0.05) is 25.1 Å². The fourth-order valence-corrected chi connectivity index (χ4v) is 1.42. The highest BCUT2D eigenvalue weighted by molar-refractivity contribution is 5.93. The molecule has 2 rings (SSSR count). The first-order valence-corrected chi connectivity index (χ1v) is 5.39. The van der Waals surface area contributed by atoms with Gasteiger partial charge >= 0.3 is 0 Å². The molecule has 0 aromatic carbocycles. The number of nitrogen functional groups attached to an aromatic ring is 1. The molecule has 0 spiro atoms. The average molecular weight is 243 g/mol. The van der Waals surface area contributed by atoms with E-state index >= 15 is 0 Å². The SMILES string of the molecule is NNc1ccnc(C(=O)NCc2cccnc2)c1. The molecule has 0 bridgehead atoms. The van der Waals surface area contributed by atoms with Gasteiger partial charge in [-0.2, -0.15) is 0 Å². The number of nitrogens with zero attached hydrogens (tertiary/aromatic N) is 2. The maximum atomic E-state index is 11.8. The molecule has 1 amide bonds. The van der Waals surface area contributed by atoms with Crippen molar-refractivity contribution < 1.29 is 4.79 Å². The molecule has 0 radical (unpaired) electrons. The van der Waals surface area contributed by atoms with Crippen molar-refractivity contribution >= 4 is 11.6 Å². The zero-order chi connectivity index (χ0) is 12.8. The quantitative estimate of drug-likeness (QED) is 0.542. The van der Waals surface area contributed by atoms with E-state index in [0.29, 0.717) is 17.9 Å². The maximum absolute atomic E-state index is 11.8. The summed E-state index contributed by atoms with van der Waals surface area (Å²) in [4.78, 5) is 19.8. The van der Waals surface area contributed by atoms with E-state index in [1.807, 2.05) is 12.1 Å². The molecule has 6 nitrogen and oxygen atoms in total. The van der Waals surface area contributed by atoms with Crippen LogP contribution in [0, 0.1) is 0 Å². The van der Waals surface area contributed by atoms with Gasteiger partial charge in [-0.05, 0) is 23.8 Å². The number of aromatic nitrogens is 2. The van der Waals surface area contributed by atoms with Crippen LogP contribution in [0.5, 0.6) is 0 Å². The third kappa shape index (κ3) is 3.02. The molecule has 0 atom stereocenters. The molecule has 0 aliphatic carbocycles. The molecule has 2 aromatic heterocycles. The van der Waals surface area contributed by atoms with E-state index in [4.69, 9.17) is 5.84 Å². The first-order chi connectivity index (χ1) is 8.79. The van der Waals surface area contributed by atoms with Crippen molar-refractivity contribution in [3.63, 3.8) is 0 Å². The van der Waals surface area contributed by atoms with Crippen molar-refractivity contribution in [3.05, 3.63) is 54.1 Å². The molecule has 2 aromatic rings. The molecule has 0 fully saturated rings. The third-order valence-corrected chi connectivity index (χ3v) is 2.34. The van der Waals surface area contributed by atoms with Crippen molar-refractivity contribution in [2.24, 2.45) is 5.84 Å². The molecule has 92 valence electrons. The maximum Gasteiger partial charge on any atom is 0.270 e. The topological polar surface area (TPSA) is 92.9 Å². The second-order valence-corrected chi connectivity index (χ2v) is 3.62. The van der Waals surface area contributed by atoms with E-state index < -0.39 is 0 Å². The summed E-state index contributed by atoms with van der Waals surface area (Å²) >= 11 is 0. The van der Waals surface area contributed by atoms with Crippen LogP contribution in [0.3, 0.4) is 0 Å². The van der Waals surface area contributed by atoms with Gasteiger partial charge in [-0.25, -0.2) is 0 Å². The van der Waals surface area contributed by atoms with Crippen LogP contribution < -0.4 is 16.6 Å². The van der Waals surface area contributed by atoms with E-state index in [-0.39, 0.29) is 5.91 Å². The summed E-state index contributed by atoms with van der Waals surface area (Å²) in [6.45, 7) is 0.411. The van der Waals surface area contributed by atoms with Crippen LogP contribution in [-0.4, -0.2) is 15.9 Å². The lowest BCUT2D eigenvalue weighted by molar-refractivity contribution is 0.0946. The van der Waals surface area contributed by atoms with Gasteiger partial charge in [-0.3, -0.25) is 20.6 Å². The van der Waals surface area contributed by atoms with Gasteiger partial charge in [0.15, 0.2) is 0 Å². The highest BCUT2D eigenvalue weighted by atomic mass is 16.1. The van der Waals surface area contributed by atoms with Crippen molar-refractivity contribution in [3.8, 4) is 0 Å². The Morgan fingerprint density at radius 2 is 2.22 bits per heavy atom. The molecular formula is C12H13N5O. The van der Waals surface area contributed by atoms with Crippen molar-refractivity contribution in [1.29, 1.82) is 0 Å². The number of carbonyl (C=O) groups excluding carboxylic acids is 1. The minimum absolute atomic E-state index is 0.254. The van der Waals surface area contributed by atoms with Crippen LogP contribution >= 0.6 is 0 Å². The van der Waals surface area contributed by atoms with E-state index in [1.165, 1.54) is 6.20 Å². The van der Waals surface area contributed by atoms with Gasteiger partial charge in [0.25, 0.3) is 5.91 Å². The second-order valence-electron chi connectivity index (χ2n) is 3.62. The molecule has 18 heavy (non-hydrogen) atoms. The van der Waals surface area contributed by atoms with Crippen LogP contribution in [-0.2, 0) is 6.54 Å².